The van der Waals surface area contributed by atoms with E-state index in [2.05, 4.69) is 16.2 Å². The number of carbonyl (C=O) groups is 1. The van der Waals surface area contributed by atoms with E-state index in [1.54, 1.807) is 5.06 Å². The van der Waals surface area contributed by atoms with E-state index in [9.17, 15) is 4.79 Å². The van der Waals surface area contributed by atoms with Gasteiger partial charge in [-0.25, -0.2) is 5.06 Å². The third-order valence-electron chi connectivity index (χ3n) is 5.47. The smallest absolute Gasteiger partial charge is 0.246 e. The first kappa shape index (κ1) is 16.1. The molecule has 1 amide bonds. The number of amides is 1. The van der Waals surface area contributed by atoms with Crippen LogP contribution >= 0.6 is 0 Å². The van der Waals surface area contributed by atoms with Gasteiger partial charge in [-0.1, -0.05) is 0 Å². The number of carbonyl (C=O) groups excluding carboxylic acids is 1. The lowest BCUT2D eigenvalue weighted by molar-refractivity contribution is -0.171. The number of fused-ring (bicyclic) bond motifs is 1. The maximum Gasteiger partial charge on any atom is 0.246 e. The van der Waals surface area contributed by atoms with E-state index < -0.39 is 0 Å². The highest BCUT2D eigenvalue weighted by Gasteiger charge is 2.42. The predicted molar refractivity (Wildman–Crippen MR) is 86.7 cm³/mol. The summed E-state index contributed by atoms with van der Waals surface area (Å²) in [7, 11) is 1.95. The Morgan fingerprint density at radius 2 is 2.29 bits per heavy atom. The van der Waals surface area contributed by atoms with Crippen LogP contribution < -0.4 is 0 Å². The Hall–Kier alpha value is -1.44. The Labute approximate surface area is 142 Å². The van der Waals surface area contributed by atoms with Crippen LogP contribution in [-0.4, -0.2) is 65.1 Å². The Morgan fingerprint density at radius 3 is 3.04 bits per heavy atom. The van der Waals surface area contributed by atoms with Gasteiger partial charge in [0.05, 0.1) is 32.6 Å². The summed E-state index contributed by atoms with van der Waals surface area (Å²) < 4.78 is 7.65. The molecular formula is C17H26N4O3. The minimum atomic E-state index is 0.118. The number of likely N-dealkylation sites (tertiary alicyclic amines) is 1. The van der Waals surface area contributed by atoms with Crippen LogP contribution in [0.3, 0.4) is 0 Å². The maximum absolute atomic E-state index is 12.4. The summed E-state index contributed by atoms with van der Waals surface area (Å²) in [5.74, 6) is 1.50. The highest BCUT2D eigenvalue weighted by molar-refractivity contribution is 5.75. The Kier molecular flexibility index (Phi) is 4.56. The van der Waals surface area contributed by atoms with Gasteiger partial charge >= 0.3 is 0 Å². The highest BCUT2D eigenvalue weighted by atomic mass is 16.7. The van der Waals surface area contributed by atoms with Gasteiger partial charge in [0.1, 0.15) is 0 Å². The average Bonchev–Trinajstić information content (AvgIpc) is 3.28. The number of nitrogens with zero attached hydrogens (tertiary/aromatic N) is 4. The number of aryl methyl sites for hydroxylation is 1. The van der Waals surface area contributed by atoms with E-state index in [0.717, 1.165) is 39.2 Å². The molecule has 0 bridgehead atoms. The largest absolute Gasteiger partial charge is 0.381 e. The zero-order valence-electron chi connectivity index (χ0n) is 14.3. The molecule has 0 N–H and O–H groups in total. The fourth-order valence-electron chi connectivity index (χ4n) is 4.31. The normalized spacial score (nSPS) is 30.7. The molecular weight excluding hydrogens is 308 g/mol. The molecule has 0 spiro atoms. The summed E-state index contributed by atoms with van der Waals surface area (Å²) in [6.07, 6.45) is 5.49. The summed E-state index contributed by atoms with van der Waals surface area (Å²) in [6, 6.07) is 0. The van der Waals surface area contributed by atoms with Crippen LogP contribution in [0.25, 0.3) is 0 Å². The van der Waals surface area contributed by atoms with E-state index in [4.69, 9.17) is 9.57 Å². The lowest BCUT2D eigenvalue weighted by Gasteiger charge is -2.33. The molecule has 3 aliphatic heterocycles. The molecule has 4 rings (SSSR count). The van der Waals surface area contributed by atoms with Gasteiger partial charge in [0.25, 0.3) is 0 Å². The predicted octanol–water partition coefficient (Wildman–Crippen LogP) is 0.669. The minimum absolute atomic E-state index is 0.118. The van der Waals surface area contributed by atoms with Gasteiger partial charge in [-0.2, -0.15) is 5.10 Å². The average molecular weight is 334 g/mol. The van der Waals surface area contributed by atoms with E-state index in [-0.39, 0.29) is 5.91 Å². The summed E-state index contributed by atoms with van der Waals surface area (Å²) >= 11 is 0. The standard InChI is InChI=1S/C17H26N4O3/c1-19-7-13(6-18-19)8-20-9-15-12-23-11-14(16(15)10-20)5-17(22)21-3-2-4-24-21/h6-7,14-16H,2-5,8-12H2,1H3/t14-,15-,16+/m1/s1. The van der Waals surface area contributed by atoms with Crippen molar-refractivity contribution in [3.8, 4) is 0 Å². The molecule has 0 aliphatic carbocycles. The Balaban J connectivity index is 1.36. The SMILES string of the molecule is Cn1cc(CN2C[C@@H]3COC[C@@H](CC(=O)N4CCCO4)[C@@H]3C2)cn1. The second-order valence-electron chi connectivity index (χ2n) is 7.32. The van der Waals surface area contributed by atoms with Crippen LogP contribution in [0.15, 0.2) is 12.4 Å². The first-order chi connectivity index (χ1) is 11.7. The second-order valence-corrected chi connectivity index (χ2v) is 7.32. The van der Waals surface area contributed by atoms with Crippen LogP contribution in [0.2, 0.25) is 0 Å². The summed E-state index contributed by atoms with van der Waals surface area (Å²) in [5.41, 5.74) is 1.25. The monoisotopic (exact) mass is 334 g/mol. The lowest BCUT2D eigenvalue weighted by Crippen LogP contribution is -2.38. The van der Waals surface area contributed by atoms with Crippen molar-refractivity contribution in [1.82, 2.24) is 19.7 Å². The third-order valence-corrected chi connectivity index (χ3v) is 5.47. The molecule has 7 nitrogen and oxygen atoms in total. The van der Waals surface area contributed by atoms with Crippen molar-refractivity contribution in [1.29, 1.82) is 0 Å². The molecule has 4 heterocycles. The van der Waals surface area contributed by atoms with Gasteiger partial charge < -0.3 is 4.74 Å². The molecule has 24 heavy (non-hydrogen) atoms. The number of hydrogen-bond donors (Lipinski definition) is 0. The zero-order chi connectivity index (χ0) is 16.5. The van der Waals surface area contributed by atoms with Gasteiger partial charge in [-0.05, 0) is 24.2 Å². The number of rotatable bonds is 4. The first-order valence-corrected chi connectivity index (χ1v) is 8.90. The minimum Gasteiger partial charge on any atom is -0.381 e. The fourth-order valence-corrected chi connectivity index (χ4v) is 4.31. The van der Waals surface area contributed by atoms with Crippen molar-refractivity contribution in [2.45, 2.75) is 19.4 Å². The van der Waals surface area contributed by atoms with Crippen molar-refractivity contribution >= 4 is 5.91 Å². The number of ether oxygens (including phenoxy) is 1. The Bertz CT molecular complexity index is 584. The van der Waals surface area contributed by atoms with E-state index in [1.807, 2.05) is 17.9 Å². The van der Waals surface area contributed by atoms with Crippen LogP contribution in [-0.2, 0) is 28.0 Å². The molecule has 0 unspecified atom stereocenters. The molecule has 3 fully saturated rings. The number of aromatic nitrogens is 2. The Morgan fingerprint density at radius 1 is 1.38 bits per heavy atom. The molecule has 3 atom stereocenters. The van der Waals surface area contributed by atoms with E-state index >= 15 is 0 Å². The van der Waals surface area contributed by atoms with Crippen molar-refractivity contribution < 1.29 is 14.4 Å². The number of hydrogen-bond acceptors (Lipinski definition) is 5. The first-order valence-electron chi connectivity index (χ1n) is 8.90. The zero-order valence-corrected chi connectivity index (χ0v) is 14.3. The molecule has 0 radical (unpaired) electrons. The maximum atomic E-state index is 12.4. The van der Waals surface area contributed by atoms with Crippen LogP contribution in [0, 0.1) is 17.8 Å². The summed E-state index contributed by atoms with van der Waals surface area (Å²) in [6.45, 7) is 5.93. The van der Waals surface area contributed by atoms with Crippen molar-refractivity contribution in [3.05, 3.63) is 18.0 Å². The van der Waals surface area contributed by atoms with Crippen LogP contribution in [0.4, 0.5) is 0 Å². The van der Waals surface area contributed by atoms with Crippen molar-refractivity contribution in [2.24, 2.45) is 24.8 Å². The number of hydroxylamine groups is 2. The molecule has 3 saturated heterocycles. The van der Waals surface area contributed by atoms with Crippen molar-refractivity contribution in [3.63, 3.8) is 0 Å². The van der Waals surface area contributed by atoms with Gasteiger partial charge in [0.15, 0.2) is 0 Å². The fraction of sp³-hybridized carbons (Fsp3) is 0.765. The molecule has 3 aliphatic rings. The van der Waals surface area contributed by atoms with Crippen LogP contribution in [0.1, 0.15) is 18.4 Å². The topological polar surface area (TPSA) is 59.8 Å². The van der Waals surface area contributed by atoms with E-state index in [0.29, 0.717) is 37.4 Å². The molecule has 0 aromatic carbocycles. The second kappa shape index (κ2) is 6.82. The van der Waals surface area contributed by atoms with Gasteiger partial charge in [-0.3, -0.25) is 19.2 Å². The van der Waals surface area contributed by atoms with Gasteiger partial charge in [-0.15, -0.1) is 0 Å². The summed E-state index contributed by atoms with van der Waals surface area (Å²) in [4.78, 5) is 20.3. The van der Waals surface area contributed by atoms with Gasteiger partial charge in [0, 0.05) is 44.9 Å². The molecule has 1 aromatic heterocycles. The molecule has 132 valence electrons. The van der Waals surface area contributed by atoms with Crippen LogP contribution in [0.5, 0.6) is 0 Å². The highest BCUT2D eigenvalue weighted by Crippen LogP contribution is 2.36. The quantitative estimate of drug-likeness (QED) is 0.810. The lowest BCUT2D eigenvalue weighted by atomic mass is 9.81. The molecule has 0 saturated carbocycles. The van der Waals surface area contributed by atoms with Crippen molar-refractivity contribution in [2.75, 3.05) is 39.5 Å². The van der Waals surface area contributed by atoms with E-state index in [1.165, 1.54) is 5.56 Å². The molecule has 1 aromatic rings. The summed E-state index contributed by atoms with van der Waals surface area (Å²) in [5, 5.41) is 5.80. The molecule has 7 heteroatoms. The van der Waals surface area contributed by atoms with Gasteiger partial charge in [0.2, 0.25) is 5.91 Å². The third kappa shape index (κ3) is 3.34.